The van der Waals surface area contributed by atoms with Crippen molar-refractivity contribution in [3.63, 3.8) is 0 Å². The molecule has 2 aromatic rings. The molecule has 3 rings (SSSR count). The molecule has 0 fully saturated rings. The minimum absolute atomic E-state index is 0.111. The largest absolute Gasteiger partial charge is 0.342 e. The van der Waals surface area contributed by atoms with Crippen LogP contribution in [0.1, 0.15) is 17.7 Å². The van der Waals surface area contributed by atoms with Crippen LogP contribution in [0.15, 0.2) is 16.9 Å². The van der Waals surface area contributed by atoms with Gasteiger partial charge < -0.3 is 4.57 Å². The maximum absolute atomic E-state index is 13.6. The van der Waals surface area contributed by atoms with E-state index in [1.165, 1.54) is 12.1 Å². The third-order valence-corrected chi connectivity index (χ3v) is 4.77. The van der Waals surface area contributed by atoms with Crippen LogP contribution in [0.4, 0.5) is 4.39 Å². The Bertz CT molecular complexity index is 710. The van der Waals surface area contributed by atoms with E-state index in [0.717, 1.165) is 36.2 Å². The summed E-state index contributed by atoms with van der Waals surface area (Å²) in [7, 11) is 0. The molecule has 1 aromatic carbocycles. The molecule has 18 heavy (non-hydrogen) atoms. The number of hydrogen-bond acceptors (Lipinski definition) is 1. The average Bonchev–Trinajstić information content (AvgIpc) is 2.36. The van der Waals surface area contributed by atoms with Crippen molar-refractivity contribution < 1.29 is 4.39 Å². The van der Waals surface area contributed by atoms with E-state index in [1.807, 2.05) is 22.6 Å². The molecule has 0 bridgehead atoms. The van der Waals surface area contributed by atoms with E-state index in [-0.39, 0.29) is 11.2 Å². The highest BCUT2D eigenvalue weighted by atomic mass is 127. The Labute approximate surface area is 122 Å². The molecule has 0 spiro atoms. The molecule has 1 aliphatic heterocycles. The molecule has 1 aromatic heterocycles. The molecule has 5 heteroatoms. The zero-order valence-corrected chi connectivity index (χ0v) is 12.4. The number of aryl methyl sites for hydroxylation is 2. The van der Waals surface area contributed by atoms with Crippen molar-refractivity contribution in [1.82, 2.24) is 4.57 Å². The lowest BCUT2D eigenvalue weighted by atomic mass is 10.00. The molecule has 0 saturated heterocycles. The molecular weight excluding hydrogens is 368 g/mol. The standard InChI is InChI=1S/C13H10ClFINO/c14-6-10-11(16)13(18)9-5-8(15)4-7-2-1-3-17(10)12(7)9/h4-5H,1-3,6H2. The highest BCUT2D eigenvalue weighted by molar-refractivity contribution is 14.1. The van der Waals surface area contributed by atoms with Crippen LogP contribution in [0.2, 0.25) is 0 Å². The van der Waals surface area contributed by atoms with Crippen LogP contribution in [-0.4, -0.2) is 4.57 Å². The Morgan fingerprint density at radius 1 is 1.44 bits per heavy atom. The Morgan fingerprint density at radius 3 is 2.94 bits per heavy atom. The van der Waals surface area contributed by atoms with Crippen LogP contribution in [-0.2, 0) is 18.8 Å². The Hall–Kier alpha value is -0.620. The topological polar surface area (TPSA) is 22.0 Å². The van der Waals surface area contributed by atoms with Gasteiger partial charge in [0.05, 0.1) is 20.7 Å². The molecular formula is C13H10ClFINO. The number of aromatic nitrogens is 1. The zero-order valence-electron chi connectivity index (χ0n) is 9.47. The summed E-state index contributed by atoms with van der Waals surface area (Å²) >= 11 is 7.97. The van der Waals surface area contributed by atoms with E-state index in [0.29, 0.717) is 14.8 Å². The molecule has 1 aliphatic rings. The van der Waals surface area contributed by atoms with Crippen LogP contribution in [0.3, 0.4) is 0 Å². The van der Waals surface area contributed by atoms with Gasteiger partial charge in [0.15, 0.2) is 0 Å². The lowest BCUT2D eigenvalue weighted by Gasteiger charge is -2.23. The van der Waals surface area contributed by atoms with Gasteiger partial charge in [-0.3, -0.25) is 4.79 Å². The number of benzene rings is 1. The van der Waals surface area contributed by atoms with Gasteiger partial charge in [-0.05, 0) is 53.1 Å². The molecule has 0 saturated carbocycles. The van der Waals surface area contributed by atoms with Gasteiger partial charge in [0, 0.05) is 11.9 Å². The van der Waals surface area contributed by atoms with Gasteiger partial charge >= 0.3 is 0 Å². The van der Waals surface area contributed by atoms with Gasteiger partial charge in [-0.1, -0.05) is 0 Å². The van der Waals surface area contributed by atoms with E-state index in [4.69, 9.17) is 11.6 Å². The summed E-state index contributed by atoms with van der Waals surface area (Å²) in [5.41, 5.74) is 2.52. The maximum Gasteiger partial charge on any atom is 0.203 e. The third-order valence-electron chi connectivity index (χ3n) is 3.40. The second-order valence-electron chi connectivity index (χ2n) is 4.44. The van der Waals surface area contributed by atoms with Crippen molar-refractivity contribution in [2.24, 2.45) is 0 Å². The van der Waals surface area contributed by atoms with Crippen LogP contribution in [0.25, 0.3) is 10.9 Å². The van der Waals surface area contributed by atoms with Gasteiger partial charge in [0.25, 0.3) is 0 Å². The van der Waals surface area contributed by atoms with E-state index in [9.17, 15) is 9.18 Å². The maximum atomic E-state index is 13.6. The number of nitrogens with zero attached hydrogens (tertiary/aromatic N) is 1. The monoisotopic (exact) mass is 377 g/mol. The van der Waals surface area contributed by atoms with Crippen molar-refractivity contribution in [3.05, 3.63) is 43.0 Å². The van der Waals surface area contributed by atoms with E-state index in [1.54, 1.807) is 0 Å². The van der Waals surface area contributed by atoms with Crippen molar-refractivity contribution in [2.45, 2.75) is 25.3 Å². The summed E-state index contributed by atoms with van der Waals surface area (Å²) in [6, 6.07) is 2.87. The van der Waals surface area contributed by atoms with E-state index in [2.05, 4.69) is 4.57 Å². The fourth-order valence-corrected chi connectivity index (χ4v) is 3.92. The first-order valence-electron chi connectivity index (χ1n) is 5.72. The molecule has 0 aliphatic carbocycles. The van der Waals surface area contributed by atoms with Crippen LogP contribution in [0, 0.1) is 9.39 Å². The number of rotatable bonds is 1. The average molecular weight is 378 g/mol. The predicted molar refractivity (Wildman–Crippen MR) is 78.8 cm³/mol. The van der Waals surface area contributed by atoms with Gasteiger partial charge in [-0.15, -0.1) is 11.6 Å². The van der Waals surface area contributed by atoms with Gasteiger partial charge in [0.1, 0.15) is 5.82 Å². The van der Waals surface area contributed by atoms with Crippen molar-refractivity contribution in [1.29, 1.82) is 0 Å². The molecule has 0 amide bonds. The zero-order chi connectivity index (χ0) is 12.9. The molecule has 94 valence electrons. The highest BCUT2D eigenvalue weighted by Gasteiger charge is 2.20. The summed E-state index contributed by atoms with van der Waals surface area (Å²) in [6.45, 7) is 0.841. The second-order valence-corrected chi connectivity index (χ2v) is 5.79. The number of hydrogen-bond donors (Lipinski definition) is 0. The quantitative estimate of drug-likeness (QED) is 0.551. The summed E-state index contributed by atoms with van der Waals surface area (Å²) < 4.78 is 16.2. The van der Waals surface area contributed by atoms with Crippen molar-refractivity contribution in [2.75, 3.05) is 0 Å². The first kappa shape index (κ1) is 12.4. The molecule has 2 heterocycles. The van der Waals surface area contributed by atoms with Gasteiger partial charge in [-0.2, -0.15) is 0 Å². The summed E-state index contributed by atoms with van der Waals surface area (Å²) in [6.07, 6.45) is 1.77. The Morgan fingerprint density at radius 2 is 2.22 bits per heavy atom. The third kappa shape index (κ3) is 1.69. The predicted octanol–water partition coefficient (Wildman–Crippen LogP) is 3.43. The Balaban J connectivity index is 2.57. The minimum Gasteiger partial charge on any atom is -0.342 e. The SMILES string of the molecule is O=c1c(I)c(CCl)n2c3c(cc(F)cc13)CCC2. The lowest BCUT2D eigenvalue weighted by molar-refractivity contribution is 0.596. The first-order valence-corrected chi connectivity index (χ1v) is 7.34. The fourth-order valence-electron chi connectivity index (χ4n) is 2.65. The second kappa shape index (κ2) is 4.49. The normalized spacial score (nSPS) is 14.2. The van der Waals surface area contributed by atoms with Crippen molar-refractivity contribution >= 4 is 45.1 Å². The van der Waals surface area contributed by atoms with Crippen LogP contribution >= 0.6 is 34.2 Å². The van der Waals surface area contributed by atoms with Gasteiger partial charge in [-0.25, -0.2) is 4.39 Å². The molecule has 2 nitrogen and oxygen atoms in total. The highest BCUT2D eigenvalue weighted by Crippen LogP contribution is 2.28. The number of pyridine rings is 1. The van der Waals surface area contributed by atoms with Crippen molar-refractivity contribution in [3.8, 4) is 0 Å². The van der Waals surface area contributed by atoms with E-state index < -0.39 is 0 Å². The molecule has 0 atom stereocenters. The number of alkyl halides is 1. The number of halogens is 3. The summed E-state index contributed by atoms with van der Waals surface area (Å²) in [4.78, 5) is 12.3. The van der Waals surface area contributed by atoms with Gasteiger partial charge in [0.2, 0.25) is 5.43 Å². The van der Waals surface area contributed by atoms with E-state index >= 15 is 0 Å². The van der Waals surface area contributed by atoms with Crippen LogP contribution in [0.5, 0.6) is 0 Å². The molecule has 0 unspecified atom stereocenters. The first-order chi connectivity index (χ1) is 8.63. The fraction of sp³-hybridized carbons (Fsp3) is 0.308. The lowest BCUT2D eigenvalue weighted by Crippen LogP contribution is -2.22. The summed E-state index contributed by atoms with van der Waals surface area (Å²) in [5.74, 6) is -0.0298. The minimum atomic E-state index is -0.336. The Kier molecular flexibility index (Phi) is 3.10. The molecule has 0 N–H and O–H groups in total. The molecule has 0 radical (unpaired) electrons. The summed E-state index contributed by atoms with van der Waals surface area (Å²) in [5, 5.41) is 0.475. The smallest absolute Gasteiger partial charge is 0.203 e. The van der Waals surface area contributed by atoms with Crippen LogP contribution < -0.4 is 5.43 Å².